The summed E-state index contributed by atoms with van der Waals surface area (Å²) in [7, 11) is 0. The van der Waals surface area contributed by atoms with E-state index in [-0.39, 0.29) is 5.91 Å². The third kappa shape index (κ3) is 4.50. The Bertz CT molecular complexity index is 756. The Morgan fingerprint density at radius 2 is 1.69 bits per heavy atom. The van der Waals surface area contributed by atoms with Crippen molar-refractivity contribution in [2.45, 2.75) is 39.3 Å². The topological polar surface area (TPSA) is 38.8 Å². The van der Waals surface area contributed by atoms with E-state index in [1.165, 1.54) is 0 Å². The monoisotopic (exact) mass is 373 g/mol. The van der Waals surface area contributed by atoms with E-state index < -0.39 is 0 Å². The third-order valence-corrected chi connectivity index (χ3v) is 4.56. The van der Waals surface area contributed by atoms with Gasteiger partial charge in [0.05, 0.1) is 13.2 Å². The molecule has 0 aromatic heterocycles. The zero-order valence-corrected chi connectivity index (χ0v) is 16.0. The number of hydrogen-bond donors (Lipinski definition) is 0. The van der Waals surface area contributed by atoms with E-state index in [0.717, 1.165) is 18.4 Å². The van der Waals surface area contributed by atoms with E-state index in [0.29, 0.717) is 47.9 Å². The van der Waals surface area contributed by atoms with Crippen molar-refractivity contribution in [1.29, 1.82) is 0 Å². The molecule has 0 saturated heterocycles. The van der Waals surface area contributed by atoms with E-state index >= 15 is 0 Å². The molecule has 0 radical (unpaired) electrons. The maximum absolute atomic E-state index is 13.1. The van der Waals surface area contributed by atoms with Crippen LogP contribution in [0.4, 0.5) is 0 Å². The first kappa shape index (κ1) is 18.6. The van der Waals surface area contributed by atoms with Gasteiger partial charge in [-0.3, -0.25) is 4.79 Å². The number of nitrogens with zero attached hydrogens (tertiary/aromatic N) is 1. The lowest BCUT2D eigenvalue weighted by molar-refractivity contribution is 0.0729. The fourth-order valence-corrected chi connectivity index (χ4v) is 3.02. The van der Waals surface area contributed by atoms with Crippen LogP contribution in [0.1, 0.15) is 42.6 Å². The molecule has 1 saturated carbocycles. The average Bonchev–Trinajstić information content (AvgIpc) is 3.47. The summed E-state index contributed by atoms with van der Waals surface area (Å²) in [6.45, 7) is 5.50. The first-order valence-corrected chi connectivity index (χ1v) is 9.45. The second-order valence-corrected chi connectivity index (χ2v) is 6.75. The molecule has 2 aromatic rings. The number of rotatable bonds is 8. The van der Waals surface area contributed by atoms with Gasteiger partial charge < -0.3 is 14.4 Å². The number of halogens is 1. The van der Waals surface area contributed by atoms with Crippen LogP contribution in [0.2, 0.25) is 5.02 Å². The number of carbonyl (C=O) groups is 1. The first-order chi connectivity index (χ1) is 12.6. The van der Waals surface area contributed by atoms with Crippen molar-refractivity contribution in [3.8, 4) is 11.5 Å². The molecule has 138 valence electrons. The zero-order chi connectivity index (χ0) is 18.5. The quantitative estimate of drug-likeness (QED) is 0.657. The minimum atomic E-state index is 0.0199. The molecule has 1 aliphatic carbocycles. The Morgan fingerprint density at radius 1 is 1.04 bits per heavy atom. The summed E-state index contributed by atoms with van der Waals surface area (Å²) >= 11 is 5.96. The first-order valence-electron chi connectivity index (χ1n) is 9.07. The van der Waals surface area contributed by atoms with E-state index in [1.807, 2.05) is 55.1 Å². The SMILES string of the molecule is CCOc1ccc(C(=O)N(Cc2ccc(Cl)cc2)C2CC2)cc1OCC. The lowest BCUT2D eigenvalue weighted by Gasteiger charge is -2.23. The van der Waals surface area contributed by atoms with Crippen molar-refractivity contribution in [3.63, 3.8) is 0 Å². The van der Waals surface area contributed by atoms with Crippen LogP contribution < -0.4 is 9.47 Å². The molecule has 0 spiro atoms. The molecule has 0 unspecified atom stereocenters. The third-order valence-electron chi connectivity index (χ3n) is 4.31. The van der Waals surface area contributed by atoms with Gasteiger partial charge in [0.25, 0.3) is 5.91 Å². The number of ether oxygens (including phenoxy) is 2. The van der Waals surface area contributed by atoms with E-state index in [9.17, 15) is 4.79 Å². The summed E-state index contributed by atoms with van der Waals surface area (Å²) < 4.78 is 11.2. The Kier molecular flexibility index (Phi) is 6.04. The van der Waals surface area contributed by atoms with E-state index in [2.05, 4.69) is 0 Å². The Balaban J connectivity index is 1.82. The van der Waals surface area contributed by atoms with Gasteiger partial charge in [0.1, 0.15) is 0 Å². The summed E-state index contributed by atoms with van der Waals surface area (Å²) in [5.41, 5.74) is 1.70. The second-order valence-electron chi connectivity index (χ2n) is 6.32. The molecule has 4 nitrogen and oxygen atoms in total. The number of hydrogen-bond acceptors (Lipinski definition) is 3. The molecule has 0 aliphatic heterocycles. The Labute approximate surface area is 159 Å². The van der Waals surface area contributed by atoms with Crippen LogP contribution in [-0.2, 0) is 6.54 Å². The van der Waals surface area contributed by atoms with Crippen LogP contribution in [0.5, 0.6) is 11.5 Å². The van der Waals surface area contributed by atoms with Gasteiger partial charge in [-0.1, -0.05) is 23.7 Å². The maximum atomic E-state index is 13.1. The molecule has 0 atom stereocenters. The number of carbonyl (C=O) groups excluding carboxylic acids is 1. The predicted molar refractivity (Wildman–Crippen MR) is 103 cm³/mol. The Morgan fingerprint density at radius 3 is 2.31 bits per heavy atom. The summed E-state index contributed by atoms with van der Waals surface area (Å²) in [4.78, 5) is 15.1. The molecule has 0 heterocycles. The van der Waals surface area contributed by atoms with Gasteiger partial charge in [-0.05, 0) is 62.6 Å². The summed E-state index contributed by atoms with van der Waals surface area (Å²) in [5, 5.41) is 0.700. The molecule has 2 aromatic carbocycles. The van der Waals surface area contributed by atoms with Crippen LogP contribution in [0.15, 0.2) is 42.5 Å². The summed E-state index contributed by atoms with van der Waals surface area (Å²) in [6.07, 6.45) is 2.10. The van der Waals surface area contributed by atoms with Gasteiger partial charge in [0.2, 0.25) is 0 Å². The highest BCUT2D eigenvalue weighted by molar-refractivity contribution is 6.30. The molecule has 1 aliphatic rings. The molecule has 5 heteroatoms. The smallest absolute Gasteiger partial charge is 0.254 e. The average molecular weight is 374 g/mol. The minimum Gasteiger partial charge on any atom is -0.490 e. The molecule has 0 bridgehead atoms. The lowest BCUT2D eigenvalue weighted by Crippen LogP contribution is -2.32. The molecular formula is C21H24ClNO3. The van der Waals surface area contributed by atoms with Crippen LogP contribution in [-0.4, -0.2) is 30.1 Å². The summed E-state index contributed by atoms with van der Waals surface area (Å²) in [5.74, 6) is 1.30. The van der Waals surface area contributed by atoms with E-state index in [4.69, 9.17) is 21.1 Å². The summed E-state index contributed by atoms with van der Waals surface area (Å²) in [6, 6.07) is 13.4. The number of benzene rings is 2. The van der Waals surface area contributed by atoms with E-state index in [1.54, 1.807) is 6.07 Å². The fourth-order valence-electron chi connectivity index (χ4n) is 2.89. The second kappa shape index (κ2) is 8.45. The maximum Gasteiger partial charge on any atom is 0.254 e. The normalized spacial score (nSPS) is 13.3. The highest BCUT2D eigenvalue weighted by Gasteiger charge is 2.33. The standard InChI is InChI=1S/C21H24ClNO3/c1-3-25-19-12-7-16(13-20(19)26-4-2)21(24)23(18-10-11-18)14-15-5-8-17(22)9-6-15/h5-9,12-13,18H,3-4,10-11,14H2,1-2H3. The van der Waals surface area contributed by atoms with Gasteiger partial charge >= 0.3 is 0 Å². The molecule has 1 amide bonds. The molecular weight excluding hydrogens is 350 g/mol. The minimum absolute atomic E-state index is 0.0199. The van der Waals surface area contributed by atoms with Crippen molar-refractivity contribution in [2.75, 3.05) is 13.2 Å². The van der Waals surface area contributed by atoms with Gasteiger partial charge in [0.15, 0.2) is 11.5 Å². The zero-order valence-electron chi connectivity index (χ0n) is 15.2. The van der Waals surface area contributed by atoms with Crippen LogP contribution in [0, 0.1) is 0 Å². The van der Waals surface area contributed by atoms with Gasteiger partial charge in [-0.15, -0.1) is 0 Å². The highest BCUT2D eigenvalue weighted by atomic mass is 35.5. The van der Waals surface area contributed by atoms with Gasteiger partial charge in [-0.2, -0.15) is 0 Å². The van der Waals surface area contributed by atoms with Crippen molar-refractivity contribution < 1.29 is 14.3 Å². The largest absolute Gasteiger partial charge is 0.490 e. The highest BCUT2D eigenvalue weighted by Crippen LogP contribution is 2.33. The fraction of sp³-hybridized carbons (Fsp3) is 0.381. The molecule has 0 N–H and O–H groups in total. The van der Waals surface area contributed by atoms with Crippen molar-refractivity contribution in [3.05, 3.63) is 58.6 Å². The van der Waals surface area contributed by atoms with Crippen LogP contribution in [0.25, 0.3) is 0 Å². The van der Waals surface area contributed by atoms with Crippen LogP contribution in [0.3, 0.4) is 0 Å². The van der Waals surface area contributed by atoms with Crippen molar-refractivity contribution in [1.82, 2.24) is 4.90 Å². The molecule has 1 fully saturated rings. The van der Waals surface area contributed by atoms with Gasteiger partial charge in [0, 0.05) is 23.2 Å². The predicted octanol–water partition coefficient (Wildman–Crippen LogP) is 4.94. The Hall–Kier alpha value is -2.20. The van der Waals surface area contributed by atoms with Crippen LogP contribution >= 0.6 is 11.6 Å². The lowest BCUT2D eigenvalue weighted by atomic mass is 10.1. The van der Waals surface area contributed by atoms with Gasteiger partial charge in [-0.25, -0.2) is 0 Å². The number of amides is 1. The van der Waals surface area contributed by atoms with Crippen molar-refractivity contribution >= 4 is 17.5 Å². The molecule has 3 rings (SSSR count). The molecule has 26 heavy (non-hydrogen) atoms. The van der Waals surface area contributed by atoms with Crippen molar-refractivity contribution in [2.24, 2.45) is 0 Å².